The van der Waals surface area contributed by atoms with Crippen molar-refractivity contribution >= 4 is 29.1 Å². The molecule has 1 saturated carbocycles. The molecule has 9 nitrogen and oxygen atoms in total. The number of benzene rings is 2. The third kappa shape index (κ3) is 6.84. The van der Waals surface area contributed by atoms with Crippen molar-refractivity contribution in [3.05, 3.63) is 60.2 Å². The highest BCUT2D eigenvalue weighted by Gasteiger charge is 2.30. The molecular formula is C24H22F3N5O4. The summed E-state index contributed by atoms with van der Waals surface area (Å²) in [6, 6.07) is 8.37. The first kappa shape index (κ1) is 24.8. The van der Waals surface area contributed by atoms with Crippen molar-refractivity contribution in [3.8, 4) is 17.4 Å². The van der Waals surface area contributed by atoms with Crippen molar-refractivity contribution in [3.63, 3.8) is 0 Å². The lowest BCUT2D eigenvalue weighted by Gasteiger charge is -2.15. The molecule has 3 N–H and O–H groups in total. The van der Waals surface area contributed by atoms with E-state index in [-0.39, 0.29) is 29.1 Å². The molecule has 1 aliphatic carbocycles. The van der Waals surface area contributed by atoms with E-state index >= 15 is 0 Å². The summed E-state index contributed by atoms with van der Waals surface area (Å²) in [5, 5.41) is 7.54. The zero-order valence-electron chi connectivity index (χ0n) is 19.3. The van der Waals surface area contributed by atoms with E-state index in [2.05, 4.69) is 30.7 Å². The molecular weight excluding hydrogens is 479 g/mol. The zero-order chi connectivity index (χ0) is 25.9. The smallest absolute Gasteiger partial charge is 0.394 e. The van der Waals surface area contributed by atoms with E-state index in [1.165, 1.54) is 12.4 Å². The van der Waals surface area contributed by atoms with Gasteiger partial charge in [-0.2, -0.15) is 8.78 Å². The van der Waals surface area contributed by atoms with Gasteiger partial charge in [-0.1, -0.05) is 0 Å². The molecule has 1 heterocycles. The molecule has 0 bridgehead atoms. The molecule has 1 aliphatic rings. The summed E-state index contributed by atoms with van der Waals surface area (Å²) >= 11 is 0. The summed E-state index contributed by atoms with van der Waals surface area (Å²) in [4.78, 5) is 32.3. The van der Waals surface area contributed by atoms with E-state index in [9.17, 15) is 22.8 Å². The van der Waals surface area contributed by atoms with E-state index in [0.717, 1.165) is 31.0 Å². The second kappa shape index (κ2) is 10.1. The normalized spacial score (nSPS) is 13.0. The van der Waals surface area contributed by atoms with Crippen LogP contribution < -0.4 is 25.4 Å². The summed E-state index contributed by atoms with van der Waals surface area (Å²) in [7, 11) is 0. The number of aromatic nitrogens is 2. The predicted molar refractivity (Wildman–Crippen MR) is 125 cm³/mol. The Morgan fingerprint density at radius 2 is 1.69 bits per heavy atom. The van der Waals surface area contributed by atoms with Gasteiger partial charge in [-0.25, -0.2) is 19.2 Å². The van der Waals surface area contributed by atoms with E-state index in [0.29, 0.717) is 29.7 Å². The minimum absolute atomic E-state index is 0.0269. The topological polar surface area (TPSA) is 114 Å². The Morgan fingerprint density at radius 3 is 2.39 bits per heavy atom. The van der Waals surface area contributed by atoms with Crippen LogP contribution in [0, 0.1) is 18.7 Å². The fourth-order valence-corrected chi connectivity index (χ4v) is 3.14. The fraction of sp³-hybridized carbons (Fsp3) is 0.250. The van der Waals surface area contributed by atoms with Crippen molar-refractivity contribution in [2.75, 3.05) is 16.0 Å². The molecule has 0 atom stereocenters. The maximum Gasteiger partial charge on any atom is 0.394 e. The number of nitrogens with one attached hydrogen (secondary N) is 3. The van der Waals surface area contributed by atoms with Gasteiger partial charge in [0.15, 0.2) is 0 Å². The highest BCUT2D eigenvalue weighted by molar-refractivity contribution is 6.00. The molecule has 3 aromatic rings. The average Bonchev–Trinajstić information content (AvgIpc) is 3.63. The van der Waals surface area contributed by atoms with Gasteiger partial charge in [0.2, 0.25) is 11.8 Å². The molecule has 36 heavy (non-hydrogen) atoms. The van der Waals surface area contributed by atoms with Crippen LogP contribution in [0.25, 0.3) is 0 Å². The average molecular weight is 501 g/mol. The highest BCUT2D eigenvalue weighted by atomic mass is 19.3. The number of alkyl halides is 2. The lowest BCUT2D eigenvalue weighted by molar-refractivity contribution is -0.158. The molecule has 0 saturated heterocycles. The van der Waals surface area contributed by atoms with Crippen LogP contribution in [0.5, 0.6) is 17.4 Å². The molecule has 0 aliphatic heterocycles. The van der Waals surface area contributed by atoms with Crippen molar-refractivity contribution in [1.29, 1.82) is 0 Å². The fourth-order valence-electron chi connectivity index (χ4n) is 3.14. The minimum Gasteiger partial charge on any atom is -0.439 e. The Kier molecular flexibility index (Phi) is 6.95. The van der Waals surface area contributed by atoms with Crippen molar-refractivity contribution in [2.24, 2.45) is 5.92 Å². The summed E-state index contributed by atoms with van der Waals surface area (Å²) in [5.74, 6) is -0.248. The number of anilines is 3. The standard InChI is InChI=1S/C24H22F3N5O4/c1-13-9-15(35-21-11-20(28-12-29-21)32-22(33)14-3-4-14)6-8-18(13)30-23(34)31-19-10-16(5-7-17(19)25)36-24(2,26)27/h5-12,14H,3-4H2,1-2H3,(H2,30,31,34)(H,28,29,32,33). The first-order valence-corrected chi connectivity index (χ1v) is 10.9. The molecule has 3 amide bonds. The Morgan fingerprint density at radius 1 is 0.972 bits per heavy atom. The van der Waals surface area contributed by atoms with Crippen LogP contribution >= 0.6 is 0 Å². The monoisotopic (exact) mass is 501 g/mol. The second-order valence-electron chi connectivity index (χ2n) is 8.21. The Labute approximate surface area is 204 Å². The van der Waals surface area contributed by atoms with Crippen molar-refractivity contribution in [1.82, 2.24) is 9.97 Å². The van der Waals surface area contributed by atoms with Gasteiger partial charge in [-0.15, -0.1) is 0 Å². The van der Waals surface area contributed by atoms with Gasteiger partial charge in [0.1, 0.15) is 29.5 Å². The van der Waals surface area contributed by atoms with Crippen LogP contribution in [0.4, 0.5) is 35.2 Å². The molecule has 0 spiro atoms. The summed E-state index contributed by atoms with van der Waals surface area (Å²) in [5.41, 5.74) is 0.676. The lowest BCUT2D eigenvalue weighted by atomic mass is 10.2. The van der Waals surface area contributed by atoms with Gasteiger partial charge in [0.05, 0.1) is 5.69 Å². The summed E-state index contributed by atoms with van der Waals surface area (Å²) in [6.45, 7) is 2.26. The molecule has 2 aromatic carbocycles. The minimum atomic E-state index is -3.46. The van der Waals surface area contributed by atoms with Gasteiger partial charge in [-0.05, 0) is 55.7 Å². The molecule has 12 heteroatoms. The van der Waals surface area contributed by atoms with Gasteiger partial charge in [0, 0.05) is 30.7 Å². The number of urea groups is 1. The molecule has 4 rings (SSSR count). The second-order valence-corrected chi connectivity index (χ2v) is 8.21. The van der Waals surface area contributed by atoms with E-state index in [4.69, 9.17) is 4.74 Å². The molecule has 1 aromatic heterocycles. The zero-order valence-corrected chi connectivity index (χ0v) is 19.3. The van der Waals surface area contributed by atoms with Crippen LogP contribution in [0.1, 0.15) is 25.3 Å². The van der Waals surface area contributed by atoms with Gasteiger partial charge in [-0.3, -0.25) is 4.79 Å². The summed E-state index contributed by atoms with van der Waals surface area (Å²) in [6.07, 6.45) is -0.459. The number of hydrogen-bond acceptors (Lipinski definition) is 6. The number of carbonyl (C=O) groups excluding carboxylic acids is 2. The Hall–Kier alpha value is -4.35. The predicted octanol–water partition coefficient (Wildman–Crippen LogP) is 5.70. The number of amides is 3. The van der Waals surface area contributed by atoms with E-state index < -0.39 is 18.0 Å². The maximum atomic E-state index is 14.0. The molecule has 0 unspecified atom stereocenters. The number of rotatable bonds is 8. The van der Waals surface area contributed by atoms with Crippen LogP contribution in [-0.2, 0) is 4.79 Å². The number of ether oxygens (including phenoxy) is 2. The summed E-state index contributed by atoms with van der Waals surface area (Å²) < 4.78 is 50.3. The van der Waals surface area contributed by atoms with Crippen LogP contribution in [-0.4, -0.2) is 28.0 Å². The SMILES string of the molecule is Cc1cc(Oc2cc(NC(=O)C3CC3)ncn2)ccc1NC(=O)Nc1cc(OC(C)(F)F)ccc1F. The highest BCUT2D eigenvalue weighted by Crippen LogP contribution is 2.31. The molecule has 188 valence electrons. The van der Waals surface area contributed by atoms with E-state index in [1.54, 1.807) is 25.1 Å². The largest absolute Gasteiger partial charge is 0.439 e. The molecule has 1 fully saturated rings. The third-order valence-electron chi connectivity index (χ3n) is 4.99. The number of carbonyl (C=O) groups is 2. The van der Waals surface area contributed by atoms with Crippen LogP contribution in [0.2, 0.25) is 0 Å². The third-order valence-corrected chi connectivity index (χ3v) is 4.99. The first-order valence-electron chi connectivity index (χ1n) is 10.9. The Balaban J connectivity index is 1.38. The quantitative estimate of drug-likeness (QED) is 0.365. The number of nitrogens with zero attached hydrogens (tertiary/aromatic N) is 2. The van der Waals surface area contributed by atoms with Gasteiger partial charge < -0.3 is 25.4 Å². The first-order chi connectivity index (χ1) is 17.1. The number of halogens is 3. The Bertz CT molecular complexity index is 1290. The van der Waals surface area contributed by atoms with Gasteiger partial charge in [0.25, 0.3) is 0 Å². The van der Waals surface area contributed by atoms with E-state index in [1.807, 2.05) is 0 Å². The van der Waals surface area contributed by atoms with Crippen LogP contribution in [0.3, 0.4) is 0 Å². The van der Waals surface area contributed by atoms with Gasteiger partial charge >= 0.3 is 12.1 Å². The maximum absolute atomic E-state index is 14.0. The van der Waals surface area contributed by atoms with Crippen molar-refractivity contribution < 1.29 is 32.2 Å². The van der Waals surface area contributed by atoms with Crippen molar-refractivity contribution in [2.45, 2.75) is 32.8 Å². The number of aryl methyl sites for hydroxylation is 1. The van der Waals surface area contributed by atoms with Crippen LogP contribution in [0.15, 0.2) is 48.8 Å². The molecule has 0 radical (unpaired) electrons. The lowest BCUT2D eigenvalue weighted by Crippen LogP contribution is -2.21. The number of hydrogen-bond donors (Lipinski definition) is 3.